The third-order valence-corrected chi connectivity index (χ3v) is 4.00. The van der Waals surface area contributed by atoms with Crippen molar-refractivity contribution in [2.24, 2.45) is 0 Å². The third kappa shape index (κ3) is 3.77. The zero-order valence-corrected chi connectivity index (χ0v) is 9.46. The van der Waals surface area contributed by atoms with Gasteiger partial charge in [0.25, 0.3) is 0 Å². The minimum atomic E-state index is 0.0790. The third-order valence-electron chi connectivity index (χ3n) is 2.16. The van der Waals surface area contributed by atoms with Gasteiger partial charge in [0, 0.05) is 6.54 Å². The van der Waals surface area contributed by atoms with Gasteiger partial charge in [0.2, 0.25) is 5.91 Å². The van der Waals surface area contributed by atoms with Gasteiger partial charge >= 0.3 is 0 Å². The lowest BCUT2D eigenvalue weighted by Gasteiger charge is -2.11. The molecule has 0 aromatic heterocycles. The number of halogens is 1. The number of amides is 1. The number of hydrogen-bond acceptors (Lipinski definition) is 2. The molecule has 0 aliphatic carbocycles. The molecular formula is C9H16ClNOS. The highest BCUT2D eigenvalue weighted by molar-refractivity contribution is 8.00. The second-order valence-corrected chi connectivity index (χ2v) is 5.18. The molecule has 2 nitrogen and oxygen atoms in total. The molecule has 1 amide bonds. The summed E-state index contributed by atoms with van der Waals surface area (Å²) in [5, 5.41) is 3.14. The molecule has 2 unspecified atom stereocenters. The fraction of sp³-hybridized carbons (Fsp3) is 0.889. The fourth-order valence-electron chi connectivity index (χ4n) is 1.25. The normalized spacial score (nSPS) is 24.3. The van der Waals surface area contributed by atoms with Crippen molar-refractivity contribution in [2.45, 2.75) is 36.8 Å². The van der Waals surface area contributed by atoms with E-state index in [2.05, 4.69) is 5.32 Å². The monoisotopic (exact) mass is 221 g/mol. The second kappa shape index (κ2) is 5.76. The Morgan fingerprint density at radius 1 is 1.77 bits per heavy atom. The molecule has 1 aliphatic heterocycles. The Labute approximate surface area is 88.8 Å². The molecule has 1 heterocycles. The van der Waals surface area contributed by atoms with Gasteiger partial charge in [0.15, 0.2) is 0 Å². The molecule has 0 saturated carbocycles. The van der Waals surface area contributed by atoms with Crippen LogP contribution < -0.4 is 5.32 Å². The first-order chi connectivity index (χ1) is 6.24. The maximum absolute atomic E-state index is 11.5. The zero-order valence-electron chi connectivity index (χ0n) is 7.88. The molecule has 1 aliphatic rings. The first-order valence-electron chi connectivity index (χ1n) is 4.77. The average Bonchev–Trinajstić information content (AvgIpc) is 2.66. The van der Waals surface area contributed by atoms with Crippen LogP contribution >= 0.6 is 23.4 Å². The van der Waals surface area contributed by atoms with Crippen molar-refractivity contribution in [3.05, 3.63) is 0 Å². The van der Waals surface area contributed by atoms with E-state index in [1.54, 1.807) is 11.8 Å². The summed E-state index contributed by atoms with van der Waals surface area (Å²) in [6.45, 7) is 2.63. The molecule has 0 bridgehead atoms. The minimum absolute atomic E-state index is 0.0790. The summed E-state index contributed by atoms with van der Waals surface area (Å²) in [6, 6.07) is 0. The molecule has 0 aromatic rings. The Bertz CT molecular complexity index is 171. The average molecular weight is 222 g/mol. The van der Waals surface area contributed by atoms with Crippen LogP contribution in [0.1, 0.15) is 26.2 Å². The lowest BCUT2D eigenvalue weighted by atomic mass is 10.2. The molecule has 1 saturated heterocycles. The highest BCUT2D eigenvalue weighted by Gasteiger charge is 2.23. The van der Waals surface area contributed by atoms with E-state index < -0.39 is 0 Å². The maximum atomic E-state index is 11.5. The predicted molar refractivity (Wildman–Crippen MR) is 58.4 cm³/mol. The SMILES string of the molecule is CCC(Cl)CNC(=O)C1CCCS1. The summed E-state index contributed by atoms with van der Waals surface area (Å²) in [6.07, 6.45) is 3.09. The molecule has 1 rings (SSSR count). The highest BCUT2D eigenvalue weighted by atomic mass is 35.5. The molecule has 0 spiro atoms. The first kappa shape index (κ1) is 11.2. The quantitative estimate of drug-likeness (QED) is 0.736. The van der Waals surface area contributed by atoms with Crippen LogP contribution in [0.3, 0.4) is 0 Å². The lowest BCUT2D eigenvalue weighted by molar-refractivity contribution is -0.120. The number of thioether (sulfide) groups is 1. The maximum Gasteiger partial charge on any atom is 0.233 e. The van der Waals surface area contributed by atoms with Crippen LogP contribution in [0, 0.1) is 0 Å². The van der Waals surface area contributed by atoms with Crippen molar-refractivity contribution in [2.75, 3.05) is 12.3 Å². The van der Waals surface area contributed by atoms with Gasteiger partial charge in [-0.15, -0.1) is 23.4 Å². The topological polar surface area (TPSA) is 29.1 Å². The van der Waals surface area contributed by atoms with Crippen molar-refractivity contribution in [3.8, 4) is 0 Å². The molecule has 2 atom stereocenters. The Morgan fingerprint density at radius 3 is 3.08 bits per heavy atom. The van der Waals surface area contributed by atoms with Crippen molar-refractivity contribution in [1.82, 2.24) is 5.32 Å². The summed E-state index contributed by atoms with van der Waals surface area (Å²) in [7, 11) is 0. The van der Waals surface area contributed by atoms with E-state index in [1.807, 2.05) is 6.92 Å². The van der Waals surface area contributed by atoms with E-state index in [0.29, 0.717) is 6.54 Å². The molecule has 0 radical (unpaired) electrons. The summed E-state index contributed by atoms with van der Waals surface area (Å²) in [4.78, 5) is 11.5. The van der Waals surface area contributed by atoms with Crippen LogP contribution in [0.15, 0.2) is 0 Å². The van der Waals surface area contributed by atoms with Crippen LogP contribution in [-0.2, 0) is 4.79 Å². The van der Waals surface area contributed by atoms with Crippen LogP contribution in [0.5, 0.6) is 0 Å². The van der Waals surface area contributed by atoms with Crippen LogP contribution in [0.2, 0.25) is 0 Å². The van der Waals surface area contributed by atoms with Crippen molar-refractivity contribution < 1.29 is 4.79 Å². The number of alkyl halides is 1. The molecule has 4 heteroatoms. The Morgan fingerprint density at radius 2 is 2.54 bits per heavy atom. The van der Waals surface area contributed by atoms with E-state index in [0.717, 1.165) is 18.6 Å². The summed E-state index contributed by atoms with van der Waals surface area (Å²) in [5.74, 6) is 1.29. The number of carbonyl (C=O) groups excluding carboxylic acids is 1. The Balaban J connectivity index is 2.16. The van der Waals surface area contributed by atoms with Gasteiger partial charge in [-0.1, -0.05) is 6.92 Å². The number of rotatable bonds is 4. The summed E-state index contributed by atoms with van der Waals surface area (Å²) >= 11 is 7.65. The predicted octanol–water partition coefficient (Wildman–Crippen LogP) is 2.02. The highest BCUT2D eigenvalue weighted by Crippen LogP contribution is 2.25. The Hall–Kier alpha value is 0.110. The van der Waals surface area contributed by atoms with E-state index in [4.69, 9.17) is 11.6 Å². The van der Waals surface area contributed by atoms with Gasteiger partial charge in [-0.2, -0.15) is 0 Å². The number of nitrogens with one attached hydrogen (secondary N) is 1. The molecular weight excluding hydrogens is 206 g/mol. The lowest BCUT2D eigenvalue weighted by Crippen LogP contribution is -2.35. The molecule has 0 aromatic carbocycles. The zero-order chi connectivity index (χ0) is 9.68. The summed E-state index contributed by atoms with van der Waals surface area (Å²) < 4.78 is 0. The second-order valence-electron chi connectivity index (χ2n) is 3.25. The van der Waals surface area contributed by atoms with Crippen LogP contribution in [-0.4, -0.2) is 28.8 Å². The van der Waals surface area contributed by atoms with Crippen molar-refractivity contribution in [3.63, 3.8) is 0 Å². The molecule has 76 valence electrons. The van der Waals surface area contributed by atoms with Gasteiger partial charge in [-0.25, -0.2) is 0 Å². The molecule has 13 heavy (non-hydrogen) atoms. The van der Waals surface area contributed by atoms with E-state index in [9.17, 15) is 4.79 Å². The van der Waals surface area contributed by atoms with E-state index >= 15 is 0 Å². The minimum Gasteiger partial charge on any atom is -0.354 e. The summed E-state index contributed by atoms with van der Waals surface area (Å²) in [5.41, 5.74) is 0. The molecule has 1 N–H and O–H groups in total. The largest absolute Gasteiger partial charge is 0.354 e. The van der Waals surface area contributed by atoms with Crippen LogP contribution in [0.4, 0.5) is 0 Å². The van der Waals surface area contributed by atoms with Crippen LogP contribution in [0.25, 0.3) is 0 Å². The molecule has 1 fully saturated rings. The first-order valence-corrected chi connectivity index (χ1v) is 6.26. The van der Waals surface area contributed by atoms with E-state index in [1.165, 1.54) is 6.42 Å². The van der Waals surface area contributed by atoms with Crippen molar-refractivity contribution >= 4 is 29.3 Å². The van der Waals surface area contributed by atoms with Gasteiger partial charge in [-0.05, 0) is 25.0 Å². The van der Waals surface area contributed by atoms with Gasteiger partial charge in [0.1, 0.15) is 0 Å². The standard InChI is InChI=1S/C9H16ClNOS/c1-2-7(10)6-11-9(12)8-4-3-5-13-8/h7-8H,2-6H2,1H3,(H,11,12). The fourth-order valence-corrected chi connectivity index (χ4v) is 2.52. The smallest absolute Gasteiger partial charge is 0.233 e. The number of carbonyl (C=O) groups is 1. The number of hydrogen-bond donors (Lipinski definition) is 1. The van der Waals surface area contributed by atoms with Gasteiger partial charge in [-0.3, -0.25) is 4.79 Å². The van der Waals surface area contributed by atoms with E-state index in [-0.39, 0.29) is 16.5 Å². The van der Waals surface area contributed by atoms with Gasteiger partial charge < -0.3 is 5.32 Å². The Kier molecular flexibility index (Phi) is 4.96. The van der Waals surface area contributed by atoms with Crippen molar-refractivity contribution in [1.29, 1.82) is 0 Å². The van der Waals surface area contributed by atoms with Gasteiger partial charge in [0.05, 0.1) is 10.6 Å².